The Labute approximate surface area is 119 Å². The van der Waals surface area contributed by atoms with Crippen LogP contribution in [0.15, 0.2) is 0 Å². The van der Waals surface area contributed by atoms with E-state index in [0.717, 1.165) is 18.6 Å². The predicted octanol–water partition coefficient (Wildman–Crippen LogP) is 2.32. The van der Waals surface area contributed by atoms with E-state index in [1.807, 2.05) is 0 Å². The molecule has 0 radical (unpaired) electrons. The Kier molecular flexibility index (Phi) is 6.62. The highest BCUT2D eigenvalue weighted by atomic mass is 15.2. The number of piperidine rings is 2. The zero-order valence-corrected chi connectivity index (χ0v) is 13.0. The second-order valence-electron chi connectivity index (χ2n) is 6.41. The molecule has 1 N–H and O–H groups in total. The van der Waals surface area contributed by atoms with Gasteiger partial charge in [-0.05, 0) is 65.3 Å². The van der Waals surface area contributed by atoms with Crippen LogP contribution < -0.4 is 5.32 Å². The van der Waals surface area contributed by atoms with E-state index in [1.54, 1.807) is 0 Å². The number of rotatable bonds is 6. The fourth-order valence-electron chi connectivity index (χ4n) is 3.72. The van der Waals surface area contributed by atoms with Crippen LogP contribution in [0.25, 0.3) is 0 Å². The average molecular weight is 267 g/mol. The molecule has 2 aliphatic rings. The monoisotopic (exact) mass is 267 g/mol. The third-order valence-electron chi connectivity index (χ3n) is 5.05. The number of likely N-dealkylation sites (N-methyl/N-ethyl adjacent to an activating group) is 1. The van der Waals surface area contributed by atoms with Crippen LogP contribution >= 0.6 is 0 Å². The largest absolute Gasteiger partial charge is 0.315 e. The molecule has 0 aliphatic carbocycles. The van der Waals surface area contributed by atoms with E-state index in [0.29, 0.717) is 0 Å². The van der Waals surface area contributed by atoms with Crippen LogP contribution in [0.5, 0.6) is 0 Å². The summed E-state index contributed by atoms with van der Waals surface area (Å²) in [6.45, 7) is 8.46. The molecule has 112 valence electrons. The molecule has 0 aromatic rings. The van der Waals surface area contributed by atoms with Crippen LogP contribution in [0.3, 0.4) is 0 Å². The number of hydrogen-bond donors (Lipinski definition) is 1. The first-order valence-corrected chi connectivity index (χ1v) is 8.46. The zero-order valence-electron chi connectivity index (χ0n) is 13.0. The fourth-order valence-corrected chi connectivity index (χ4v) is 3.72. The Morgan fingerprint density at radius 1 is 1.00 bits per heavy atom. The maximum atomic E-state index is 3.54. The molecule has 2 heterocycles. The number of nitrogens with zero attached hydrogens (tertiary/aromatic N) is 2. The van der Waals surface area contributed by atoms with E-state index in [1.165, 1.54) is 71.1 Å². The van der Waals surface area contributed by atoms with E-state index >= 15 is 0 Å². The van der Waals surface area contributed by atoms with Crippen molar-refractivity contribution in [3.63, 3.8) is 0 Å². The topological polar surface area (TPSA) is 18.5 Å². The molecule has 2 rings (SSSR count). The summed E-state index contributed by atoms with van der Waals surface area (Å²) in [5, 5.41) is 3.54. The van der Waals surface area contributed by atoms with Gasteiger partial charge in [0.1, 0.15) is 0 Å². The lowest BCUT2D eigenvalue weighted by Gasteiger charge is -2.39. The average Bonchev–Trinajstić information content (AvgIpc) is 2.45. The first kappa shape index (κ1) is 15.3. The molecule has 0 bridgehead atoms. The minimum Gasteiger partial charge on any atom is -0.315 e. The molecule has 2 atom stereocenters. The van der Waals surface area contributed by atoms with Crippen LogP contribution in [0.4, 0.5) is 0 Å². The molecule has 3 nitrogen and oxygen atoms in total. The summed E-state index contributed by atoms with van der Waals surface area (Å²) in [6.07, 6.45) is 9.86. The molecule has 0 amide bonds. The lowest BCUT2D eigenvalue weighted by molar-refractivity contribution is 0.111. The van der Waals surface area contributed by atoms with Gasteiger partial charge in [0.15, 0.2) is 0 Å². The van der Waals surface area contributed by atoms with Crippen LogP contribution in [0.1, 0.15) is 51.9 Å². The standard InChI is InChI=1S/C16H33N3/c1-3-17-14-16-9-5-7-12-19(16)13-10-15-8-4-6-11-18(15)2/h15-17H,3-14H2,1-2H3. The van der Waals surface area contributed by atoms with Gasteiger partial charge >= 0.3 is 0 Å². The molecule has 2 aliphatic heterocycles. The van der Waals surface area contributed by atoms with E-state index in [9.17, 15) is 0 Å². The summed E-state index contributed by atoms with van der Waals surface area (Å²) in [4.78, 5) is 5.35. The van der Waals surface area contributed by atoms with Gasteiger partial charge in [-0.3, -0.25) is 4.90 Å². The number of hydrogen-bond acceptors (Lipinski definition) is 3. The van der Waals surface area contributed by atoms with Crippen molar-refractivity contribution >= 4 is 0 Å². The first-order valence-electron chi connectivity index (χ1n) is 8.46. The lowest BCUT2D eigenvalue weighted by Crippen LogP contribution is -2.47. The summed E-state index contributed by atoms with van der Waals surface area (Å²) < 4.78 is 0. The Morgan fingerprint density at radius 2 is 1.74 bits per heavy atom. The Hall–Kier alpha value is -0.120. The van der Waals surface area contributed by atoms with E-state index < -0.39 is 0 Å². The second kappa shape index (κ2) is 8.23. The molecule has 19 heavy (non-hydrogen) atoms. The highest BCUT2D eigenvalue weighted by molar-refractivity contribution is 4.81. The summed E-state index contributed by atoms with van der Waals surface area (Å²) in [5.41, 5.74) is 0. The third-order valence-corrected chi connectivity index (χ3v) is 5.05. The highest BCUT2D eigenvalue weighted by Crippen LogP contribution is 2.21. The number of likely N-dealkylation sites (tertiary alicyclic amines) is 2. The molecule has 0 saturated carbocycles. The van der Waals surface area contributed by atoms with Crippen LogP contribution in [0.2, 0.25) is 0 Å². The Morgan fingerprint density at radius 3 is 2.47 bits per heavy atom. The van der Waals surface area contributed by atoms with Crippen LogP contribution in [0, 0.1) is 0 Å². The van der Waals surface area contributed by atoms with Crippen molar-refractivity contribution in [3.8, 4) is 0 Å². The van der Waals surface area contributed by atoms with Gasteiger partial charge < -0.3 is 10.2 Å². The van der Waals surface area contributed by atoms with E-state index in [-0.39, 0.29) is 0 Å². The smallest absolute Gasteiger partial charge is 0.0220 e. The van der Waals surface area contributed by atoms with E-state index in [4.69, 9.17) is 0 Å². The van der Waals surface area contributed by atoms with Gasteiger partial charge in [-0.2, -0.15) is 0 Å². The lowest BCUT2D eigenvalue weighted by atomic mass is 9.97. The summed E-state index contributed by atoms with van der Waals surface area (Å²) >= 11 is 0. The molecule has 3 heteroatoms. The third kappa shape index (κ3) is 4.73. The van der Waals surface area contributed by atoms with Crippen molar-refractivity contribution in [1.29, 1.82) is 0 Å². The molecular weight excluding hydrogens is 234 g/mol. The summed E-state index contributed by atoms with van der Waals surface area (Å²) in [5.74, 6) is 0. The van der Waals surface area contributed by atoms with Crippen LogP contribution in [-0.4, -0.2) is 61.7 Å². The summed E-state index contributed by atoms with van der Waals surface area (Å²) in [6, 6.07) is 1.64. The van der Waals surface area contributed by atoms with E-state index in [2.05, 4.69) is 29.1 Å². The van der Waals surface area contributed by atoms with Crippen molar-refractivity contribution in [3.05, 3.63) is 0 Å². The van der Waals surface area contributed by atoms with Gasteiger partial charge in [-0.15, -0.1) is 0 Å². The molecule has 0 aromatic heterocycles. The van der Waals surface area contributed by atoms with Gasteiger partial charge in [0.25, 0.3) is 0 Å². The van der Waals surface area contributed by atoms with Gasteiger partial charge in [-0.25, -0.2) is 0 Å². The Bertz CT molecular complexity index is 244. The normalized spacial score (nSPS) is 30.6. The van der Waals surface area contributed by atoms with Gasteiger partial charge in [0.2, 0.25) is 0 Å². The quantitative estimate of drug-likeness (QED) is 0.797. The molecule has 0 spiro atoms. The summed E-state index contributed by atoms with van der Waals surface area (Å²) in [7, 11) is 2.32. The fraction of sp³-hybridized carbons (Fsp3) is 1.00. The molecular formula is C16H33N3. The minimum absolute atomic E-state index is 0.794. The predicted molar refractivity (Wildman–Crippen MR) is 82.6 cm³/mol. The molecule has 0 aromatic carbocycles. The maximum absolute atomic E-state index is 3.54. The van der Waals surface area contributed by atoms with Crippen molar-refractivity contribution in [1.82, 2.24) is 15.1 Å². The van der Waals surface area contributed by atoms with Crippen molar-refractivity contribution in [2.45, 2.75) is 64.0 Å². The van der Waals surface area contributed by atoms with Gasteiger partial charge in [0, 0.05) is 18.6 Å². The van der Waals surface area contributed by atoms with Crippen molar-refractivity contribution < 1.29 is 0 Å². The molecule has 2 unspecified atom stereocenters. The van der Waals surface area contributed by atoms with Gasteiger partial charge in [0.05, 0.1) is 0 Å². The number of nitrogens with one attached hydrogen (secondary N) is 1. The SMILES string of the molecule is CCNCC1CCCCN1CCC1CCCCN1C. The van der Waals surface area contributed by atoms with Crippen molar-refractivity contribution in [2.75, 3.05) is 39.8 Å². The Balaban J connectivity index is 1.75. The van der Waals surface area contributed by atoms with Crippen LogP contribution in [-0.2, 0) is 0 Å². The molecule has 2 saturated heterocycles. The minimum atomic E-state index is 0.794. The first-order chi connectivity index (χ1) is 9.31. The highest BCUT2D eigenvalue weighted by Gasteiger charge is 2.24. The van der Waals surface area contributed by atoms with Gasteiger partial charge in [-0.1, -0.05) is 19.8 Å². The maximum Gasteiger partial charge on any atom is 0.0220 e. The molecule has 2 fully saturated rings. The zero-order chi connectivity index (χ0) is 13.5. The second-order valence-corrected chi connectivity index (χ2v) is 6.41. The van der Waals surface area contributed by atoms with Crippen molar-refractivity contribution in [2.24, 2.45) is 0 Å².